The molecule has 2 atom stereocenters. The summed E-state index contributed by atoms with van der Waals surface area (Å²) < 4.78 is 13.0. The van der Waals surface area contributed by atoms with E-state index in [4.69, 9.17) is 5.73 Å². The largest absolute Gasteiger partial charge is 0.508 e. The van der Waals surface area contributed by atoms with E-state index in [9.17, 15) is 14.3 Å². The minimum Gasteiger partial charge on any atom is -0.508 e. The predicted octanol–water partition coefficient (Wildman–Crippen LogP) is 1.95. The number of nitrogens with two attached hydrogens (primary N) is 1. The van der Waals surface area contributed by atoms with Gasteiger partial charge in [-0.3, -0.25) is 4.79 Å². The number of carbonyl (C=O) groups is 1. The number of hydrogen-bond donors (Lipinski definition) is 2. The number of rotatable bonds is 2. The Morgan fingerprint density at radius 1 is 1.05 bits per heavy atom. The lowest BCUT2D eigenvalue weighted by Gasteiger charge is -2.45. The molecule has 5 heteroatoms. The van der Waals surface area contributed by atoms with Gasteiger partial charge in [0.2, 0.25) is 5.91 Å². The van der Waals surface area contributed by atoms with Crippen LogP contribution in [0.5, 0.6) is 5.75 Å². The van der Waals surface area contributed by atoms with Crippen molar-refractivity contribution in [1.29, 1.82) is 0 Å². The van der Waals surface area contributed by atoms with Crippen LogP contribution in [0.15, 0.2) is 48.5 Å². The fourth-order valence-corrected chi connectivity index (χ4v) is 2.43. The van der Waals surface area contributed by atoms with Gasteiger partial charge in [0.1, 0.15) is 17.6 Å². The molecular formula is C15H13FN2O2. The SMILES string of the molecule is N[C@H]1C(=O)N(c2ccc(F)cc2)[C@@H]1c1ccc(O)cc1. The average molecular weight is 272 g/mol. The number of phenolic OH excluding ortho intramolecular Hbond substituents is 1. The summed E-state index contributed by atoms with van der Waals surface area (Å²) in [6.45, 7) is 0. The molecule has 2 aromatic rings. The van der Waals surface area contributed by atoms with Gasteiger partial charge in [0, 0.05) is 5.69 Å². The molecular weight excluding hydrogens is 259 g/mol. The number of hydrogen-bond acceptors (Lipinski definition) is 3. The van der Waals surface area contributed by atoms with Crippen LogP contribution < -0.4 is 10.6 Å². The van der Waals surface area contributed by atoms with Gasteiger partial charge in [0.25, 0.3) is 0 Å². The van der Waals surface area contributed by atoms with Gasteiger partial charge in [-0.15, -0.1) is 0 Å². The highest BCUT2D eigenvalue weighted by Crippen LogP contribution is 2.38. The number of anilines is 1. The number of phenols is 1. The minimum absolute atomic E-state index is 0.154. The number of halogens is 1. The highest BCUT2D eigenvalue weighted by Gasteiger charge is 2.46. The van der Waals surface area contributed by atoms with Crippen molar-refractivity contribution in [1.82, 2.24) is 0 Å². The van der Waals surface area contributed by atoms with Crippen molar-refractivity contribution < 1.29 is 14.3 Å². The monoisotopic (exact) mass is 272 g/mol. The lowest BCUT2D eigenvalue weighted by atomic mass is 9.88. The van der Waals surface area contributed by atoms with E-state index in [2.05, 4.69) is 0 Å². The summed E-state index contributed by atoms with van der Waals surface area (Å²) in [6, 6.07) is 11.3. The molecule has 2 aromatic carbocycles. The van der Waals surface area contributed by atoms with Gasteiger partial charge in [-0.05, 0) is 42.0 Å². The summed E-state index contributed by atoms with van der Waals surface area (Å²) in [5, 5.41) is 9.31. The number of carbonyl (C=O) groups excluding carboxylic acids is 1. The maximum absolute atomic E-state index is 13.0. The van der Waals surface area contributed by atoms with Gasteiger partial charge in [-0.25, -0.2) is 4.39 Å². The fraction of sp³-hybridized carbons (Fsp3) is 0.133. The molecule has 0 aliphatic carbocycles. The zero-order valence-electron chi connectivity index (χ0n) is 10.5. The zero-order valence-corrected chi connectivity index (χ0v) is 10.5. The Morgan fingerprint density at radius 2 is 1.65 bits per heavy atom. The average Bonchev–Trinajstić information content (AvgIpc) is 2.46. The van der Waals surface area contributed by atoms with E-state index in [1.54, 1.807) is 36.4 Å². The van der Waals surface area contributed by atoms with Crippen molar-refractivity contribution in [3.8, 4) is 5.75 Å². The van der Waals surface area contributed by atoms with E-state index in [1.807, 2.05) is 0 Å². The van der Waals surface area contributed by atoms with Gasteiger partial charge in [-0.2, -0.15) is 0 Å². The second kappa shape index (κ2) is 4.61. The summed E-state index contributed by atoms with van der Waals surface area (Å²) >= 11 is 0. The van der Waals surface area contributed by atoms with E-state index in [0.29, 0.717) is 5.69 Å². The van der Waals surface area contributed by atoms with Crippen LogP contribution in [0.4, 0.5) is 10.1 Å². The quantitative estimate of drug-likeness (QED) is 0.821. The molecule has 4 nitrogen and oxygen atoms in total. The minimum atomic E-state index is -0.621. The Balaban J connectivity index is 1.95. The number of aromatic hydroxyl groups is 1. The molecule has 1 saturated heterocycles. The lowest BCUT2D eigenvalue weighted by molar-refractivity contribution is -0.126. The molecule has 20 heavy (non-hydrogen) atoms. The Morgan fingerprint density at radius 3 is 2.25 bits per heavy atom. The van der Waals surface area contributed by atoms with Crippen LogP contribution in [0.3, 0.4) is 0 Å². The van der Waals surface area contributed by atoms with E-state index in [0.717, 1.165) is 5.56 Å². The lowest BCUT2D eigenvalue weighted by Crippen LogP contribution is -2.63. The van der Waals surface area contributed by atoms with Crippen molar-refractivity contribution in [3.63, 3.8) is 0 Å². The molecule has 0 bridgehead atoms. The van der Waals surface area contributed by atoms with Crippen LogP contribution >= 0.6 is 0 Å². The summed E-state index contributed by atoms with van der Waals surface area (Å²) in [5.41, 5.74) is 7.31. The molecule has 0 radical (unpaired) electrons. The van der Waals surface area contributed by atoms with Crippen molar-refractivity contribution in [2.45, 2.75) is 12.1 Å². The molecule has 3 rings (SSSR count). The molecule has 1 fully saturated rings. The maximum atomic E-state index is 13.0. The Hall–Kier alpha value is -2.40. The molecule has 0 saturated carbocycles. The predicted molar refractivity (Wildman–Crippen MR) is 72.7 cm³/mol. The molecule has 1 amide bonds. The second-order valence-electron chi connectivity index (χ2n) is 4.75. The van der Waals surface area contributed by atoms with Crippen LogP contribution in [-0.4, -0.2) is 17.1 Å². The van der Waals surface area contributed by atoms with Crippen molar-refractivity contribution in [2.24, 2.45) is 5.73 Å². The smallest absolute Gasteiger partial charge is 0.247 e. The Bertz CT molecular complexity index is 640. The van der Waals surface area contributed by atoms with Crippen LogP contribution in [0.1, 0.15) is 11.6 Å². The summed E-state index contributed by atoms with van der Waals surface area (Å²) in [4.78, 5) is 13.5. The molecule has 0 aromatic heterocycles. The van der Waals surface area contributed by atoms with Crippen LogP contribution in [-0.2, 0) is 4.79 Å². The third-order valence-electron chi connectivity index (χ3n) is 3.48. The van der Waals surface area contributed by atoms with Gasteiger partial charge < -0.3 is 15.7 Å². The zero-order chi connectivity index (χ0) is 14.3. The van der Waals surface area contributed by atoms with Crippen LogP contribution in [0.25, 0.3) is 0 Å². The second-order valence-corrected chi connectivity index (χ2v) is 4.75. The molecule has 0 spiro atoms. The van der Waals surface area contributed by atoms with Crippen LogP contribution in [0.2, 0.25) is 0 Å². The molecule has 1 heterocycles. The molecule has 0 unspecified atom stereocenters. The highest BCUT2D eigenvalue weighted by atomic mass is 19.1. The highest BCUT2D eigenvalue weighted by molar-refractivity contribution is 6.05. The molecule has 1 aliphatic heterocycles. The summed E-state index contributed by atoms with van der Waals surface area (Å²) in [7, 11) is 0. The summed E-state index contributed by atoms with van der Waals surface area (Å²) in [6.07, 6.45) is 0. The topological polar surface area (TPSA) is 66.6 Å². The third kappa shape index (κ3) is 1.92. The molecule has 3 N–H and O–H groups in total. The van der Waals surface area contributed by atoms with Crippen LogP contribution in [0, 0.1) is 5.82 Å². The molecule has 1 aliphatic rings. The first kappa shape index (κ1) is 12.6. The van der Waals surface area contributed by atoms with E-state index < -0.39 is 6.04 Å². The van der Waals surface area contributed by atoms with Crippen molar-refractivity contribution in [2.75, 3.05) is 4.90 Å². The fourth-order valence-electron chi connectivity index (χ4n) is 2.43. The maximum Gasteiger partial charge on any atom is 0.247 e. The standard InChI is InChI=1S/C15H13FN2O2/c16-10-3-5-11(6-4-10)18-14(13(17)15(18)20)9-1-7-12(19)8-2-9/h1-8,13-14,19H,17H2/t13-,14-/m1/s1. The van der Waals surface area contributed by atoms with Crippen molar-refractivity contribution in [3.05, 3.63) is 59.9 Å². The van der Waals surface area contributed by atoms with E-state index >= 15 is 0 Å². The van der Waals surface area contributed by atoms with Gasteiger partial charge in [-0.1, -0.05) is 12.1 Å². The Kier molecular flexibility index (Phi) is 2.91. The first-order chi connectivity index (χ1) is 9.58. The van der Waals surface area contributed by atoms with Gasteiger partial charge in [0.15, 0.2) is 0 Å². The third-order valence-corrected chi connectivity index (χ3v) is 3.48. The number of amides is 1. The van der Waals surface area contributed by atoms with Crippen molar-refractivity contribution >= 4 is 11.6 Å². The first-order valence-corrected chi connectivity index (χ1v) is 6.21. The number of β-lactam (4-membered cyclic amide) rings is 1. The number of benzene rings is 2. The number of nitrogens with zero attached hydrogens (tertiary/aromatic N) is 1. The van der Waals surface area contributed by atoms with E-state index in [1.165, 1.54) is 17.0 Å². The van der Waals surface area contributed by atoms with Gasteiger partial charge in [0.05, 0.1) is 6.04 Å². The Labute approximate surface area is 115 Å². The summed E-state index contributed by atoms with van der Waals surface area (Å²) in [5.74, 6) is -0.400. The van der Waals surface area contributed by atoms with E-state index in [-0.39, 0.29) is 23.5 Å². The normalized spacial score (nSPS) is 21.7. The molecule has 102 valence electrons. The first-order valence-electron chi connectivity index (χ1n) is 6.21. The van der Waals surface area contributed by atoms with Gasteiger partial charge >= 0.3 is 0 Å².